The molecule has 26 heavy (non-hydrogen) atoms. The molecule has 2 aromatic rings. The largest absolute Gasteiger partial charge is 0.497 e. The quantitative estimate of drug-likeness (QED) is 0.747. The summed E-state index contributed by atoms with van der Waals surface area (Å²) in [6, 6.07) is 12.0. The highest BCUT2D eigenvalue weighted by Crippen LogP contribution is 2.21. The highest BCUT2D eigenvalue weighted by molar-refractivity contribution is 5.84. The summed E-state index contributed by atoms with van der Waals surface area (Å²) < 4.78 is 10.6. The zero-order chi connectivity index (χ0) is 18.2. The first-order valence-electron chi connectivity index (χ1n) is 9.13. The number of methoxy groups -OCH3 is 1. The number of fused-ring (bicyclic) bond motifs is 1. The van der Waals surface area contributed by atoms with Crippen LogP contribution < -0.4 is 15.4 Å². The van der Waals surface area contributed by atoms with E-state index in [1.54, 1.807) is 7.11 Å². The SMILES string of the molecule is COc1ccc2cc(CNC(=O)NCCCN3CCOCC3)ccc2c1. The summed E-state index contributed by atoms with van der Waals surface area (Å²) in [6.07, 6.45) is 0.950. The van der Waals surface area contributed by atoms with Crippen molar-refractivity contribution in [1.29, 1.82) is 0 Å². The van der Waals surface area contributed by atoms with Gasteiger partial charge in [-0.1, -0.05) is 18.2 Å². The van der Waals surface area contributed by atoms with Crippen molar-refractivity contribution in [3.63, 3.8) is 0 Å². The number of rotatable bonds is 7. The third-order valence-electron chi connectivity index (χ3n) is 4.61. The number of benzene rings is 2. The molecule has 2 aromatic carbocycles. The molecule has 0 aromatic heterocycles. The molecule has 1 aliphatic rings. The van der Waals surface area contributed by atoms with Crippen molar-refractivity contribution in [1.82, 2.24) is 15.5 Å². The summed E-state index contributed by atoms with van der Waals surface area (Å²) in [7, 11) is 1.67. The molecule has 0 bridgehead atoms. The van der Waals surface area contributed by atoms with Crippen LogP contribution in [0.4, 0.5) is 4.79 Å². The molecule has 0 aliphatic carbocycles. The molecule has 6 heteroatoms. The summed E-state index contributed by atoms with van der Waals surface area (Å²) >= 11 is 0. The Morgan fingerprint density at radius 2 is 1.88 bits per heavy atom. The van der Waals surface area contributed by atoms with Gasteiger partial charge in [-0.2, -0.15) is 0 Å². The molecule has 1 saturated heterocycles. The molecule has 0 atom stereocenters. The van der Waals surface area contributed by atoms with Gasteiger partial charge in [0.1, 0.15) is 5.75 Å². The monoisotopic (exact) mass is 357 g/mol. The highest BCUT2D eigenvalue weighted by Gasteiger charge is 2.09. The second kappa shape index (κ2) is 9.40. The summed E-state index contributed by atoms with van der Waals surface area (Å²) in [6.45, 7) is 5.79. The lowest BCUT2D eigenvalue weighted by atomic mass is 10.1. The smallest absolute Gasteiger partial charge is 0.315 e. The van der Waals surface area contributed by atoms with E-state index in [0.29, 0.717) is 13.1 Å². The number of hydrogen-bond donors (Lipinski definition) is 2. The summed E-state index contributed by atoms with van der Waals surface area (Å²) in [5.41, 5.74) is 1.08. The number of nitrogens with one attached hydrogen (secondary N) is 2. The minimum atomic E-state index is -0.123. The highest BCUT2D eigenvalue weighted by atomic mass is 16.5. The molecule has 0 spiro atoms. The normalized spacial score (nSPS) is 15.0. The van der Waals surface area contributed by atoms with Crippen LogP contribution in [0.25, 0.3) is 10.8 Å². The van der Waals surface area contributed by atoms with Gasteiger partial charge in [0.15, 0.2) is 0 Å². The lowest BCUT2D eigenvalue weighted by molar-refractivity contribution is 0.0375. The molecule has 0 saturated carbocycles. The van der Waals surface area contributed by atoms with Crippen LogP contribution in [0.3, 0.4) is 0 Å². The van der Waals surface area contributed by atoms with E-state index in [4.69, 9.17) is 9.47 Å². The zero-order valence-corrected chi connectivity index (χ0v) is 15.3. The fraction of sp³-hybridized carbons (Fsp3) is 0.450. The molecule has 2 N–H and O–H groups in total. The van der Waals surface area contributed by atoms with Crippen molar-refractivity contribution in [2.45, 2.75) is 13.0 Å². The average molecular weight is 357 g/mol. The van der Waals surface area contributed by atoms with E-state index in [1.165, 1.54) is 0 Å². The molecule has 0 radical (unpaired) electrons. The first-order chi connectivity index (χ1) is 12.7. The number of ether oxygens (including phenoxy) is 2. The number of hydrogen-bond acceptors (Lipinski definition) is 4. The zero-order valence-electron chi connectivity index (χ0n) is 15.3. The van der Waals surface area contributed by atoms with E-state index >= 15 is 0 Å². The third kappa shape index (κ3) is 5.34. The molecule has 1 heterocycles. The first-order valence-corrected chi connectivity index (χ1v) is 9.13. The standard InChI is InChI=1S/C20H27N3O3/c1-25-19-6-5-17-13-16(3-4-18(17)14-19)15-22-20(24)21-7-2-8-23-9-11-26-12-10-23/h3-6,13-14H,2,7-12,15H2,1H3,(H2,21,22,24). The predicted molar refractivity (Wildman–Crippen MR) is 103 cm³/mol. The maximum Gasteiger partial charge on any atom is 0.315 e. The lowest BCUT2D eigenvalue weighted by Gasteiger charge is -2.26. The van der Waals surface area contributed by atoms with Gasteiger partial charge in [-0.25, -0.2) is 4.79 Å². The van der Waals surface area contributed by atoms with E-state index in [1.807, 2.05) is 24.3 Å². The molecule has 1 fully saturated rings. The Labute approximate surface area is 154 Å². The van der Waals surface area contributed by atoms with Gasteiger partial charge in [-0.05, 0) is 47.5 Å². The van der Waals surface area contributed by atoms with E-state index in [9.17, 15) is 4.79 Å². The molecular formula is C20H27N3O3. The lowest BCUT2D eigenvalue weighted by Crippen LogP contribution is -2.39. The predicted octanol–water partition coefficient (Wildman–Crippen LogP) is 2.37. The summed E-state index contributed by atoms with van der Waals surface area (Å²) in [4.78, 5) is 14.3. The number of carbonyl (C=O) groups excluding carboxylic acids is 1. The number of morpholine rings is 1. The van der Waals surface area contributed by atoms with Gasteiger partial charge < -0.3 is 20.1 Å². The van der Waals surface area contributed by atoms with Crippen molar-refractivity contribution in [3.05, 3.63) is 42.0 Å². The van der Waals surface area contributed by atoms with Gasteiger partial charge in [0.05, 0.1) is 20.3 Å². The van der Waals surface area contributed by atoms with Crippen molar-refractivity contribution in [2.75, 3.05) is 46.5 Å². The Bertz CT molecular complexity index is 729. The minimum absolute atomic E-state index is 0.123. The van der Waals surface area contributed by atoms with Crippen molar-refractivity contribution in [2.24, 2.45) is 0 Å². The maximum atomic E-state index is 11.9. The van der Waals surface area contributed by atoms with Gasteiger partial charge in [0.25, 0.3) is 0 Å². The molecular weight excluding hydrogens is 330 g/mol. The Morgan fingerprint density at radius 1 is 1.12 bits per heavy atom. The van der Waals surface area contributed by atoms with Crippen LogP contribution in [0.15, 0.2) is 36.4 Å². The van der Waals surface area contributed by atoms with Crippen LogP contribution >= 0.6 is 0 Å². The molecule has 2 amide bonds. The topological polar surface area (TPSA) is 62.8 Å². The van der Waals surface area contributed by atoms with Crippen LogP contribution in [-0.2, 0) is 11.3 Å². The Balaban J connectivity index is 1.39. The summed E-state index contributed by atoms with van der Waals surface area (Å²) in [5, 5.41) is 8.10. The number of urea groups is 1. The Hall–Kier alpha value is -2.31. The molecule has 1 aliphatic heterocycles. The van der Waals surface area contributed by atoms with Crippen molar-refractivity contribution < 1.29 is 14.3 Å². The Morgan fingerprint density at radius 3 is 2.69 bits per heavy atom. The van der Waals surface area contributed by atoms with E-state index in [-0.39, 0.29) is 6.03 Å². The van der Waals surface area contributed by atoms with Crippen LogP contribution in [0.5, 0.6) is 5.75 Å². The molecule has 3 rings (SSSR count). The van der Waals surface area contributed by atoms with Gasteiger partial charge in [0.2, 0.25) is 0 Å². The fourth-order valence-corrected chi connectivity index (χ4v) is 3.08. The first kappa shape index (κ1) is 18.5. The minimum Gasteiger partial charge on any atom is -0.497 e. The third-order valence-corrected chi connectivity index (χ3v) is 4.61. The summed E-state index contributed by atoms with van der Waals surface area (Å²) in [5.74, 6) is 0.847. The maximum absolute atomic E-state index is 11.9. The second-order valence-corrected chi connectivity index (χ2v) is 6.46. The van der Waals surface area contributed by atoms with Crippen LogP contribution in [0.1, 0.15) is 12.0 Å². The van der Waals surface area contributed by atoms with Gasteiger partial charge in [-0.15, -0.1) is 0 Å². The fourth-order valence-electron chi connectivity index (χ4n) is 3.08. The van der Waals surface area contributed by atoms with Crippen molar-refractivity contribution in [3.8, 4) is 5.75 Å². The number of nitrogens with zero attached hydrogens (tertiary/aromatic N) is 1. The van der Waals surface area contributed by atoms with Gasteiger partial charge >= 0.3 is 6.03 Å². The molecule has 6 nitrogen and oxygen atoms in total. The number of amides is 2. The van der Waals surface area contributed by atoms with Gasteiger partial charge in [0, 0.05) is 26.2 Å². The van der Waals surface area contributed by atoms with Crippen LogP contribution in [-0.4, -0.2) is 57.4 Å². The van der Waals surface area contributed by atoms with Crippen LogP contribution in [0, 0.1) is 0 Å². The average Bonchev–Trinajstić information content (AvgIpc) is 2.70. The van der Waals surface area contributed by atoms with E-state index in [2.05, 4.69) is 27.7 Å². The van der Waals surface area contributed by atoms with Crippen LogP contribution in [0.2, 0.25) is 0 Å². The second-order valence-electron chi connectivity index (χ2n) is 6.46. The molecule has 140 valence electrons. The number of carbonyl (C=O) groups is 1. The van der Waals surface area contributed by atoms with Crippen molar-refractivity contribution >= 4 is 16.8 Å². The molecule has 0 unspecified atom stereocenters. The Kier molecular flexibility index (Phi) is 6.68. The van der Waals surface area contributed by atoms with E-state index < -0.39 is 0 Å². The van der Waals surface area contributed by atoms with Gasteiger partial charge in [-0.3, -0.25) is 4.90 Å². The van der Waals surface area contributed by atoms with E-state index in [0.717, 1.165) is 61.4 Å².